The Morgan fingerprint density at radius 1 is 1.00 bits per heavy atom. The number of halogens is 1. The molecule has 2 saturated heterocycles. The zero-order valence-electron chi connectivity index (χ0n) is 20.8. The molecule has 36 heavy (non-hydrogen) atoms. The van der Waals surface area contributed by atoms with E-state index in [0.717, 1.165) is 32.0 Å². The number of carbonyl (C=O) groups is 2. The number of ether oxygens (including phenoxy) is 3. The van der Waals surface area contributed by atoms with Crippen molar-refractivity contribution in [1.29, 1.82) is 0 Å². The third-order valence-corrected chi connectivity index (χ3v) is 6.62. The minimum absolute atomic E-state index is 0.00190. The Bertz CT molecular complexity index is 1170. The van der Waals surface area contributed by atoms with E-state index in [9.17, 15) is 19.1 Å². The lowest BCUT2D eigenvalue weighted by Crippen LogP contribution is -2.37. The summed E-state index contributed by atoms with van der Waals surface area (Å²) in [6.45, 7) is 5.05. The van der Waals surface area contributed by atoms with Gasteiger partial charge in [-0.1, -0.05) is 6.07 Å². The molecular weight excluding hydrogens is 467 g/mol. The fourth-order valence-electron chi connectivity index (χ4n) is 4.85. The number of Topliss-reactive ketones (excluding diaryl/α,β-unsaturated/α-hetero) is 1. The maximum atomic E-state index is 14.1. The van der Waals surface area contributed by atoms with E-state index >= 15 is 0 Å². The van der Waals surface area contributed by atoms with E-state index in [1.165, 1.54) is 31.3 Å². The van der Waals surface area contributed by atoms with Crippen LogP contribution in [-0.4, -0.2) is 73.6 Å². The molecule has 0 bridgehead atoms. The molecule has 192 valence electrons. The second-order valence-electron chi connectivity index (χ2n) is 8.73. The molecule has 2 heterocycles. The number of amides is 1. The standard InChI is InChI=1S/C27H31FN2O6/c1-4-36-21-9-7-17(15-22(21)35-3)24-23(25(31)19-16-18(28)8-10-20(19)34-2)26(32)27(33)30(24)14-13-29-11-5-6-12-29/h7-10,15-16,24,31H,4-6,11-14H2,1-3H3/b25-23+. The van der Waals surface area contributed by atoms with E-state index < -0.39 is 29.3 Å². The van der Waals surface area contributed by atoms with E-state index in [1.807, 2.05) is 6.92 Å². The highest BCUT2D eigenvalue weighted by Crippen LogP contribution is 2.43. The highest BCUT2D eigenvalue weighted by atomic mass is 19.1. The Morgan fingerprint density at radius 3 is 2.36 bits per heavy atom. The van der Waals surface area contributed by atoms with Crippen LogP contribution in [0.15, 0.2) is 42.0 Å². The van der Waals surface area contributed by atoms with Gasteiger partial charge < -0.3 is 29.1 Å². The van der Waals surface area contributed by atoms with Crippen molar-refractivity contribution in [2.24, 2.45) is 0 Å². The van der Waals surface area contributed by atoms with Gasteiger partial charge in [0, 0.05) is 13.1 Å². The van der Waals surface area contributed by atoms with E-state index in [0.29, 0.717) is 36.8 Å². The summed E-state index contributed by atoms with van der Waals surface area (Å²) in [6, 6.07) is 7.89. The molecule has 2 aliphatic heterocycles. The normalized spacial score (nSPS) is 19.7. The molecule has 1 N–H and O–H groups in total. The van der Waals surface area contributed by atoms with Crippen molar-refractivity contribution in [3.8, 4) is 17.2 Å². The Balaban J connectivity index is 1.84. The predicted octanol–water partition coefficient (Wildman–Crippen LogP) is 3.76. The fourth-order valence-corrected chi connectivity index (χ4v) is 4.85. The number of ketones is 1. The van der Waals surface area contributed by atoms with Gasteiger partial charge in [0.15, 0.2) is 11.5 Å². The van der Waals surface area contributed by atoms with Gasteiger partial charge in [-0.05, 0) is 68.8 Å². The van der Waals surface area contributed by atoms with Crippen LogP contribution in [0.3, 0.4) is 0 Å². The molecule has 0 radical (unpaired) electrons. The molecule has 2 aromatic carbocycles. The molecule has 1 atom stereocenters. The molecule has 0 aromatic heterocycles. The van der Waals surface area contributed by atoms with Gasteiger partial charge in [-0.15, -0.1) is 0 Å². The Labute approximate surface area is 209 Å². The first-order chi connectivity index (χ1) is 17.4. The zero-order chi connectivity index (χ0) is 25.8. The Morgan fingerprint density at radius 2 is 1.69 bits per heavy atom. The number of benzene rings is 2. The average molecular weight is 499 g/mol. The summed E-state index contributed by atoms with van der Waals surface area (Å²) in [5.74, 6) is -1.53. The van der Waals surface area contributed by atoms with Gasteiger partial charge in [0.1, 0.15) is 17.3 Å². The van der Waals surface area contributed by atoms with Crippen LogP contribution in [0.4, 0.5) is 4.39 Å². The lowest BCUT2D eigenvalue weighted by molar-refractivity contribution is -0.140. The highest BCUT2D eigenvalue weighted by Gasteiger charge is 2.46. The number of aliphatic hydroxyl groups is 1. The van der Waals surface area contributed by atoms with Crippen LogP contribution in [0.5, 0.6) is 17.2 Å². The second-order valence-corrected chi connectivity index (χ2v) is 8.73. The number of nitrogens with zero attached hydrogens (tertiary/aromatic N) is 2. The van der Waals surface area contributed by atoms with Crippen molar-refractivity contribution in [2.45, 2.75) is 25.8 Å². The first-order valence-electron chi connectivity index (χ1n) is 12.0. The van der Waals surface area contributed by atoms with Crippen LogP contribution in [0, 0.1) is 5.82 Å². The van der Waals surface area contributed by atoms with Gasteiger partial charge in [-0.25, -0.2) is 4.39 Å². The Hall–Kier alpha value is -3.59. The highest BCUT2D eigenvalue weighted by molar-refractivity contribution is 6.46. The van der Waals surface area contributed by atoms with Crippen LogP contribution in [-0.2, 0) is 9.59 Å². The van der Waals surface area contributed by atoms with Crippen LogP contribution >= 0.6 is 0 Å². The fraction of sp³-hybridized carbons (Fsp3) is 0.407. The third-order valence-electron chi connectivity index (χ3n) is 6.62. The first kappa shape index (κ1) is 25.5. The lowest BCUT2D eigenvalue weighted by atomic mass is 9.94. The largest absolute Gasteiger partial charge is 0.507 e. The van der Waals surface area contributed by atoms with Gasteiger partial charge in [0.05, 0.1) is 38.0 Å². The van der Waals surface area contributed by atoms with Crippen molar-refractivity contribution in [2.75, 3.05) is 47.0 Å². The van der Waals surface area contributed by atoms with Crippen LogP contribution in [0.1, 0.15) is 36.9 Å². The van der Waals surface area contributed by atoms with Crippen molar-refractivity contribution >= 4 is 17.4 Å². The molecule has 0 saturated carbocycles. The number of hydrogen-bond donors (Lipinski definition) is 1. The summed E-state index contributed by atoms with van der Waals surface area (Å²) >= 11 is 0. The predicted molar refractivity (Wildman–Crippen MR) is 132 cm³/mol. The van der Waals surface area contributed by atoms with Crippen LogP contribution < -0.4 is 14.2 Å². The number of likely N-dealkylation sites (tertiary alicyclic amines) is 2. The number of carbonyl (C=O) groups excluding carboxylic acids is 2. The van der Waals surface area contributed by atoms with Crippen LogP contribution in [0.2, 0.25) is 0 Å². The average Bonchev–Trinajstić information content (AvgIpc) is 3.49. The summed E-state index contributed by atoms with van der Waals surface area (Å²) < 4.78 is 30.5. The minimum atomic E-state index is -0.898. The Kier molecular flexibility index (Phi) is 7.79. The van der Waals surface area contributed by atoms with Crippen molar-refractivity contribution < 1.29 is 33.3 Å². The summed E-state index contributed by atoms with van der Waals surface area (Å²) in [5.41, 5.74) is 0.433. The number of hydrogen-bond acceptors (Lipinski definition) is 7. The third kappa shape index (κ3) is 4.88. The monoisotopic (exact) mass is 498 g/mol. The van der Waals surface area contributed by atoms with Gasteiger partial charge >= 0.3 is 0 Å². The van der Waals surface area contributed by atoms with Gasteiger partial charge in [0.2, 0.25) is 0 Å². The second kappa shape index (κ2) is 11.0. The SMILES string of the molecule is CCOc1ccc(C2/C(=C(\O)c3cc(F)ccc3OC)C(=O)C(=O)N2CCN2CCCC2)cc1OC. The van der Waals surface area contributed by atoms with Gasteiger partial charge in [-0.2, -0.15) is 0 Å². The summed E-state index contributed by atoms with van der Waals surface area (Å²) in [6.07, 6.45) is 2.19. The maximum absolute atomic E-state index is 14.1. The van der Waals surface area contributed by atoms with E-state index in [-0.39, 0.29) is 16.9 Å². The van der Waals surface area contributed by atoms with Gasteiger partial charge in [-0.3, -0.25) is 9.59 Å². The van der Waals surface area contributed by atoms with Crippen molar-refractivity contribution in [3.63, 3.8) is 0 Å². The quantitative estimate of drug-likeness (QED) is 0.320. The van der Waals surface area contributed by atoms with E-state index in [2.05, 4.69) is 4.90 Å². The maximum Gasteiger partial charge on any atom is 0.295 e. The molecule has 0 spiro atoms. The number of aliphatic hydroxyl groups excluding tert-OH is 1. The zero-order valence-corrected chi connectivity index (χ0v) is 20.8. The topological polar surface area (TPSA) is 88.5 Å². The van der Waals surface area contributed by atoms with Gasteiger partial charge in [0.25, 0.3) is 11.7 Å². The molecule has 0 aliphatic carbocycles. The van der Waals surface area contributed by atoms with Crippen LogP contribution in [0.25, 0.3) is 5.76 Å². The molecule has 2 aromatic rings. The van der Waals surface area contributed by atoms with Crippen molar-refractivity contribution in [3.05, 3.63) is 58.9 Å². The summed E-state index contributed by atoms with van der Waals surface area (Å²) in [4.78, 5) is 30.2. The molecule has 4 rings (SSSR count). The smallest absolute Gasteiger partial charge is 0.295 e. The van der Waals surface area contributed by atoms with E-state index in [1.54, 1.807) is 18.2 Å². The van der Waals surface area contributed by atoms with Crippen molar-refractivity contribution in [1.82, 2.24) is 9.80 Å². The lowest BCUT2D eigenvalue weighted by Gasteiger charge is -2.28. The molecule has 9 heteroatoms. The summed E-state index contributed by atoms with van der Waals surface area (Å²) in [7, 11) is 2.89. The molecular formula is C27H31FN2O6. The molecule has 1 amide bonds. The number of rotatable bonds is 9. The molecule has 2 aliphatic rings. The first-order valence-corrected chi connectivity index (χ1v) is 12.0. The number of methoxy groups -OCH3 is 2. The summed E-state index contributed by atoms with van der Waals surface area (Å²) in [5, 5.41) is 11.3. The molecule has 2 fully saturated rings. The molecule has 8 nitrogen and oxygen atoms in total. The molecule has 1 unspecified atom stereocenters. The van der Waals surface area contributed by atoms with E-state index in [4.69, 9.17) is 14.2 Å². The minimum Gasteiger partial charge on any atom is -0.507 e.